The number of hydrogen-bond acceptors (Lipinski definition) is 6. The van der Waals surface area contributed by atoms with E-state index in [0.29, 0.717) is 23.1 Å². The largest absolute Gasteiger partial charge is 0.484 e. The first-order valence-electron chi connectivity index (χ1n) is 8.91. The molecule has 29 heavy (non-hydrogen) atoms. The summed E-state index contributed by atoms with van der Waals surface area (Å²) in [5.74, 6) is 1.79. The van der Waals surface area contributed by atoms with Gasteiger partial charge < -0.3 is 15.4 Å². The molecular formula is C21H18N6O2. The van der Waals surface area contributed by atoms with Gasteiger partial charge >= 0.3 is 0 Å². The summed E-state index contributed by atoms with van der Waals surface area (Å²) < 4.78 is 7.23. The van der Waals surface area contributed by atoms with Gasteiger partial charge in [-0.05, 0) is 36.4 Å². The average molecular weight is 386 g/mol. The lowest BCUT2D eigenvalue weighted by molar-refractivity contribution is -0.118. The number of ether oxygens (including phenoxy) is 1. The maximum Gasteiger partial charge on any atom is 0.262 e. The van der Waals surface area contributed by atoms with Crippen LogP contribution in [0.15, 0.2) is 85.7 Å². The number of hydrogen-bond donors (Lipinski definition) is 2. The van der Waals surface area contributed by atoms with E-state index >= 15 is 0 Å². The van der Waals surface area contributed by atoms with Crippen LogP contribution in [0.5, 0.6) is 5.75 Å². The van der Waals surface area contributed by atoms with Crippen LogP contribution in [-0.4, -0.2) is 32.0 Å². The Labute approximate surface area is 167 Å². The molecule has 2 aromatic carbocycles. The monoisotopic (exact) mass is 386 g/mol. The van der Waals surface area contributed by atoms with Crippen molar-refractivity contribution in [2.45, 2.75) is 0 Å². The van der Waals surface area contributed by atoms with E-state index in [0.717, 1.165) is 5.69 Å². The second-order valence-corrected chi connectivity index (χ2v) is 6.08. The minimum Gasteiger partial charge on any atom is -0.484 e. The molecule has 0 spiro atoms. The summed E-state index contributed by atoms with van der Waals surface area (Å²) in [6.07, 6.45) is 6.66. The number of aromatic nitrogens is 4. The SMILES string of the molecule is O=C(COc1ccccc1)Nc1ccc(Nc2cc(-n3ccnc3)ncn2)cc1. The van der Waals surface area contributed by atoms with Crippen molar-refractivity contribution in [2.24, 2.45) is 0 Å². The maximum atomic E-state index is 12.0. The molecule has 0 fully saturated rings. The lowest BCUT2D eigenvalue weighted by atomic mass is 10.2. The molecule has 144 valence electrons. The Morgan fingerprint density at radius 3 is 2.55 bits per heavy atom. The molecule has 0 saturated carbocycles. The van der Waals surface area contributed by atoms with Gasteiger partial charge in [-0.15, -0.1) is 0 Å². The molecule has 8 nitrogen and oxygen atoms in total. The van der Waals surface area contributed by atoms with Crippen molar-refractivity contribution in [2.75, 3.05) is 17.2 Å². The van der Waals surface area contributed by atoms with Gasteiger partial charge in [-0.25, -0.2) is 15.0 Å². The highest BCUT2D eigenvalue weighted by Crippen LogP contribution is 2.18. The van der Waals surface area contributed by atoms with Gasteiger partial charge in [0.1, 0.15) is 30.0 Å². The van der Waals surface area contributed by atoms with Crippen LogP contribution in [0, 0.1) is 0 Å². The second-order valence-electron chi connectivity index (χ2n) is 6.08. The summed E-state index contributed by atoms with van der Waals surface area (Å²) in [5, 5.41) is 6.01. The molecule has 4 rings (SSSR count). The van der Waals surface area contributed by atoms with Crippen LogP contribution >= 0.6 is 0 Å². The fourth-order valence-electron chi connectivity index (χ4n) is 2.60. The van der Waals surface area contributed by atoms with E-state index in [1.54, 1.807) is 41.4 Å². The minimum atomic E-state index is -0.227. The van der Waals surface area contributed by atoms with Gasteiger partial charge in [-0.1, -0.05) is 18.2 Å². The van der Waals surface area contributed by atoms with Crippen LogP contribution in [0.25, 0.3) is 5.82 Å². The Morgan fingerprint density at radius 2 is 1.79 bits per heavy atom. The molecule has 0 saturated heterocycles. The Balaban J connectivity index is 1.33. The van der Waals surface area contributed by atoms with Crippen molar-refractivity contribution in [1.82, 2.24) is 19.5 Å². The minimum absolute atomic E-state index is 0.0536. The van der Waals surface area contributed by atoms with Gasteiger partial charge in [0.05, 0.1) is 0 Å². The van der Waals surface area contributed by atoms with Crippen LogP contribution in [-0.2, 0) is 4.79 Å². The van der Waals surface area contributed by atoms with Crippen molar-refractivity contribution in [1.29, 1.82) is 0 Å². The maximum absolute atomic E-state index is 12.0. The molecule has 2 heterocycles. The molecule has 0 aliphatic heterocycles. The van der Waals surface area contributed by atoms with Gasteiger partial charge in [0.2, 0.25) is 0 Å². The molecule has 2 aromatic heterocycles. The molecule has 0 bridgehead atoms. The first-order chi connectivity index (χ1) is 14.3. The van der Waals surface area contributed by atoms with E-state index in [1.165, 1.54) is 6.33 Å². The normalized spacial score (nSPS) is 10.3. The molecule has 0 radical (unpaired) electrons. The quantitative estimate of drug-likeness (QED) is 0.505. The molecule has 0 aliphatic rings. The number of carbonyl (C=O) groups is 1. The summed E-state index contributed by atoms with van der Waals surface area (Å²) in [6, 6.07) is 18.4. The first-order valence-corrected chi connectivity index (χ1v) is 8.91. The van der Waals surface area contributed by atoms with Crippen molar-refractivity contribution in [3.05, 3.63) is 85.7 Å². The summed E-state index contributed by atoms with van der Waals surface area (Å²) in [5.41, 5.74) is 1.51. The van der Waals surface area contributed by atoms with Crippen molar-refractivity contribution in [3.8, 4) is 11.6 Å². The number of nitrogens with zero attached hydrogens (tertiary/aromatic N) is 4. The molecule has 8 heteroatoms. The van der Waals surface area contributed by atoms with E-state index in [9.17, 15) is 4.79 Å². The number of imidazole rings is 1. The van der Waals surface area contributed by atoms with Crippen LogP contribution < -0.4 is 15.4 Å². The highest BCUT2D eigenvalue weighted by Gasteiger charge is 2.05. The van der Waals surface area contributed by atoms with Crippen LogP contribution in [0.1, 0.15) is 0 Å². The number of amides is 1. The highest BCUT2D eigenvalue weighted by molar-refractivity contribution is 5.92. The number of rotatable bonds is 7. The van der Waals surface area contributed by atoms with Crippen molar-refractivity contribution in [3.63, 3.8) is 0 Å². The van der Waals surface area contributed by atoms with Gasteiger partial charge in [-0.3, -0.25) is 9.36 Å². The van der Waals surface area contributed by atoms with Crippen molar-refractivity contribution >= 4 is 23.1 Å². The summed E-state index contributed by atoms with van der Waals surface area (Å²) in [4.78, 5) is 24.5. The smallest absolute Gasteiger partial charge is 0.262 e. The van der Waals surface area contributed by atoms with E-state index in [1.807, 2.05) is 42.6 Å². The molecule has 1 amide bonds. The fraction of sp³-hybridized carbons (Fsp3) is 0.0476. The molecule has 0 aliphatic carbocycles. The fourth-order valence-corrected chi connectivity index (χ4v) is 2.60. The van der Waals surface area contributed by atoms with E-state index < -0.39 is 0 Å². The van der Waals surface area contributed by atoms with E-state index in [-0.39, 0.29) is 12.5 Å². The summed E-state index contributed by atoms with van der Waals surface area (Å²) in [6.45, 7) is -0.0536. The molecule has 0 atom stereocenters. The van der Waals surface area contributed by atoms with Crippen LogP contribution in [0.3, 0.4) is 0 Å². The van der Waals surface area contributed by atoms with Crippen molar-refractivity contribution < 1.29 is 9.53 Å². The van der Waals surface area contributed by atoms with Crippen LogP contribution in [0.4, 0.5) is 17.2 Å². The number of anilines is 3. The van der Waals surface area contributed by atoms with Gasteiger partial charge in [0.25, 0.3) is 5.91 Å². The van der Waals surface area contributed by atoms with E-state index in [2.05, 4.69) is 25.6 Å². The highest BCUT2D eigenvalue weighted by atomic mass is 16.5. The Kier molecular flexibility index (Phi) is 5.43. The molecule has 0 unspecified atom stereocenters. The lowest BCUT2D eigenvalue weighted by Gasteiger charge is -2.10. The molecular weight excluding hydrogens is 368 g/mol. The third kappa shape index (κ3) is 4.95. The summed E-state index contributed by atoms with van der Waals surface area (Å²) in [7, 11) is 0. The number of nitrogens with one attached hydrogen (secondary N) is 2. The lowest BCUT2D eigenvalue weighted by Crippen LogP contribution is -2.20. The average Bonchev–Trinajstić information content (AvgIpc) is 3.30. The zero-order valence-corrected chi connectivity index (χ0v) is 15.4. The zero-order valence-electron chi connectivity index (χ0n) is 15.4. The van der Waals surface area contributed by atoms with E-state index in [4.69, 9.17) is 4.74 Å². The summed E-state index contributed by atoms with van der Waals surface area (Å²) >= 11 is 0. The first kappa shape index (κ1) is 18.2. The number of carbonyl (C=O) groups excluding carboxylic acids is 1. The standard InChI is InChI=1S/C21H18N6O2/c28-21(13-29-18-4-2-1-3-5-18)26-17-8-6-16(7-9-17)25-19-12-20(24-14-23-19)27-11-10-22-15-27/h1-12,14-15H,13H2,(H,26,28)(H,23,24,25). The predicted octanol–water partition coefficient (Wildman–Crippen LogP) is 3.42. The Morgan fingerprint density at radius 1 is 1.00 bits per heavy atom. The van der Waals surface area contributed by atoms with Gasteiger partial charge in [-0.2, -0.15) is 0 Å². The third-order valence-corrected chi connectivity index (χ3v) is 3.98. The predicted molar refractivity (Wildman–Crippen MR) is 109 cm³/mol. The van der Waals surface area contributed by atoms with Crippen LogP contribution in [0.2, 0.25) is 0 Å². The Bertz CT molecular complexity index is 1070. The second kappa shape index (κ2) is 8.66. The topological polar surface area (TPSA) is 94.0 Å². The van der Waals surface area contributed by atoms with Gasteiger partial charge in [0.15, 0.2) is 6.61 Å². The molecule has 4 aromatic rings. The number of benzene rings is 2. The number of para-hydroxylation sites is 1. The zero-order chi connectivity index (χ0) is 19.9. The van der Waals surface area contributed by atoms with Gasteiger partial charge in [0, 0.05) is 29.8 Å². The Hall–Kier alpha value is -4.20. The molecule has 2 N–H and O–H groups in total. The third-order valence-electron chi connectivity index (χ3n) is 3.98.